The number of hydrogen-bond donors (Lipinski definition) is 0. The lowest BCUT2D eigenvalue weighted by molar-refractivity contribution is -0.134. The molecule has 0 fully saturated rings. The zero-order valence-electron chi connectivity index (χ0n) is 10.9. The van der Waals surface area contributed by atoms with Gasteiger partial charge in [0, 0.05) is 12.5 Å². The molecule has 2 aromatic carbocycles. The second-order valence-corrected chi connectivity index (χ2v) is 4.22. The van der Waals surface area contributed by atoms with E-state index in [9.17, 15) is 4.79 Å². The summed E-state index contributed by atoms with van der Waals surface area (Å²) in [6.45, 7) is 1.42. The van der Waals surface area contributed by atoms with Crippen LogP contribution in [0, 0.1) is 0 Å². The standard InChI is InChI=1S/C17H16O2/c1-14(18)19-17(16-10-6-3-7-11-16)13-12-15-8-4-2-5-9-15/h2-11,13H,12H2,1H3/b17-13+. The van der Waals surface area contributed by atoms with Crippen molar-refractivity contribution in [2.75, 3.05) is 0 Å². The van der Waals surface area contributed by atoms with Crippen LogP contribution >= 0.6 is 0 Å². The summed E-state index contributed by atoms with van der Waals surface area (Å²) < 4.78 is 5.28. The molecule has 0 aliphatic rings. The summed E-state index contributed by atoms with van der Waals surface area (Å²) in [6.07, 6.45) is 2.67. The van der Waals surface area contributed by atoms with Crippen LogP contribution in [0.5, 0.6) is 0 Å². The second kappa shape index (κ2) is 6.55. The SMILES string of the molecule is CC(=O)O/C(=C/Cc1ccccc1)c1ccccc1. The minimum absolute atomic E-state index is 0.303. The van der Waals surface area contributed by atoms with Crippen LogP contribution in [-0.4, -0.2) is 5.97 Å². The van der Waals surface area contributed by atoms with E-state index in [-0.39, 0.29) is 5.97 Å². The van der Waals surface area contributed by atoms with Crippen LogP contribution < -0.4 is 0 Å². The van der Waals surface area contributed by atoms with Gasteiger partial charge in [0.15, 0.2) is 0 Å². The summed E-state index contributed by atoms with van der Waals surface area (Å²) in [5, 5.41) is 0. The molecule has 0 spiro atoms. The highest BCUT2D eigenvalue weighted by molar-refractivity contribution is 5.76. The van der Waals surface area contributed by atoms with E-state index >= 15 is 0 Å². The average molecular weight is 252 g/mol. The molecule has 96 valence electrons. The number of rotatable bonds is 4. The summed E-state index contributed by atoms with van der Waals surface area (Å²) in [5.41, 5.74) is 2.09. The molecule has 0 saturated heterocycles. The molecule has 0 aliphatic heterocycles. The van der Waals surface area contributed by atoms with Gasteiger partial charge in [-0.3, -0.25) is 4.79 Å². The maximum atomic E-state index is 11.2. The Labute approximate surface area is 113 Å². The van der Waals surface area contributed by atoms with Gasteiger partial charge in [-0.25, -0.2) is 0 Å². The van der Waals surface area contributed by atoms with Crippen LogP contribution in [0.15, 0.2) is 66.7 Å². The lowest BCUT2D eigenvalue weighted by Gasteiger charge is -2.07. The van der Waals surface area contributed by atoms with E-state index in [4.69, 9.17) is 4.74 Å². The highest BCUT2D eigenvalue weighted by Crippen LogP contribution is 2.17. The number of allylic oxidation sites excluding steroid dienone is 1. The first-order chi connectivity index (χ1) is 9.25. The van der Waals surface area contributed by atoms with Crippen molar-refractivity contribution in [1.82, 2.24) is 0 Å². The highest BCUT2D eigenvalue weighted by Gasteiger charge is 2.05. The lowest BCUT2D eigenvalue weighted by atomic mass is 10.1. The van der Waals surface area contributed by atoms with Crippen molar-refractivity contribution in [3.8, 4) is 0 Å². The Hall–Kier alpha value is -2.35. The van der Waals surface area contributed by atoms with Crippen LogP contribution in [0.2, 0.25) is 0 Å². The Morgan fingerprint density at radius 2 is 1.58 bits per heavy atom. The zero-order valence-corrected chi connectivity index (χ0v) is 10.9. The predicted molar refractivity (Wildman–Crippen MR) is 76.3 cm³/mol. The van der Waals surface area contributed by atoms with Gasteiger partial charge in [-0.1, -0.05) is 60.7 Å². The Balaban J connectivity index is 2.20. The Morgan fingerprint density at radius 1 is 1.00 bits per heavy atom. The van der Waals surface area contributed by atoms with Gasteiger partial charge in [0.2, 0.25) is 0 Å². The smallest absolute Gasteiger partial charge is 0.308 e. The van der Waals surface area contributed by atoms with Gasteiger partial charge >= 0.3 is 5.97 Å². The third-order valence-electron chi connectivity index (χ3n) is 2.68. The molecule has 0 aromatic heterocycles. The van der Waals surface area contributed by atoms with E-state index in [1.165, 1.54) is 12.5 Å². The van der Waals surface area contributed by atoms with Crippen LogP contribution in [0.3, 0.4) is 0 Å². The van der Waals surface area contributed by atoms with Crippen LogP contribution in [0.4, 0.5) is 0 Å². The molecule has 2 rings (SSSR count). The number of ether oxygens (including phenoxy) is 1. The summed E-state index contributed by atoms with van der Waals surface area (Å²) in [4.78, 5) is 11.2. The van der Waals surface area contributed by atoms with E-state index in [1.54, 1.807) is 0 Å². The van der Waals surface area contributed by atoms with Crippen molar-refractivity contribution < 1.29 is 9.53 Å². The molecule has 0 heterocycles. The van der Waals surface area contributed by atoms with Crippen molar-refractivity contribution >= 4 is 11.7 Å². The van der Waals surface area contributed by atoms with Crippen LogP contribution in [0.1, 0.15) is 18.1 Å². The summed E-state index contributed by atoms with van der Waals surface area (Å²) in [6, 6.07) is 19.7. The van der Waals surface area contributed by atoms with Gasteiger partial charge < -0.3 is 4.74 Å². The number of carbonyl (C=O) groups is 1. The van der Waals surface area contributed by atoms with E-state index in [2.05, 4.69) is 0 Å². The van der Waals surface area contributed by atoms with E-state index in [1.807, 2.05) is 66.7 Å². The van der Waals surface area contributed by atoms with Crippen molar-refractivity contribution in [3.63, 3.8) is 0 Å². The molecule has 0 radical (unpaired) electrons. The molecular weight excluding hydrogens is 236 g/mol. The van der Waals surface area contributed by atoms with Crippen molar-refractivity contribution in [1.29, 1.82) is 0 Å². The summed E-state index contributed by atoms with van der Waals surface area (Å²) in [7, 11) is 0. The fourth-order valence-corrected chi connectivity index (χ4v) is 1.80. The largest absolute Gasteiger partial charge is 0.426 e. The number of carbonyl (C=O) groups excluding carboxylic acids is 1. The first-order valence-electron chi connectivity index (χ1n) is 6.23. The quantitative estimate of drug-likeness (QED) is 0.610. The molecule has 0 aliphatic carbocycles. The number of benzene rings is 2. The fraction of sp³-hybridized carbons (Fsp3) is 0.118. The van der Waals surface area contributed by atoms with E-state index < -0.39 is 0 Å². The molecule has 2 nitrogen and oxygen atoms in total. The fourth-order valence-electron chi connectivity index (χ4n) is 1.80. The number of hydrogen-bond acceptors (Lipinski definition) is 2. The van der Waals surface area contributed by atoms with Gasteiger partial charge in [0.1, 0.15) is 5.76 Å². The average Bonchev–Trinajstić information content (AvgIpc) is 2.45. The zero-order chi connectivity index (χ0) is 13.5. The molecule has 0 amide bonds. The monoisotopic (exact) mass is 252 g/mol. The third kappa shape index (κ3) is 4.11. The molecule has 0 N–H and O–H groups in total. The molecule has 0 atom stereocenters. The first kappa shape index (κ1) is 13.1. The maximum absolute atomic E-state index is 11.2. The Kier molecular flexibility index (Phi) is 4.51. The van der Waals surface area contributed by atoms with E-state index in [0.717, 1.165) is 12.0 Å². The normalized spacial score (nSPS) is 11.1. The van der Waals surface area contributed by atoms with Crippen LogP contribution in [0.25, 0.3) is 5.76 Å². The maximum Gasteiger partial charge on any atom is 0.308 e. The highest BCUT2D eigenvalue weighted by atomic mass is 16.5. The molecule has 0 unspecified atom stereocenters. The molecule has 0 bridgehead atoms. The predicted octanol–water partition coefficient (Wildman–Crippen LogP) is 3.83. The van der Waals surface area contributed by atoms with Crippen molar-refractivity contribution in [2.45, 2.75) is 13.3 Å². The number of esters is 1. The minimum atomic E-state index is -0.303. The van der Waals surface area contributed by atoms with Gasteiger partial charge in [0.05, 0.1) is 0 Å². The minimum Gasteiger partial charge on any atom is -0.426 e. The molecular formula is C17H16O2. The van der Waals surface area contributed by atoms with Gasteiger partial charge in [0.25, 0.3) is 0 Å². The molecule has 19 heavy (non-hydrogen) atoms. The summed E-state index contributed by atoms with van der Waals surface area (Å²) in [5.74, 6) is 0.306. The topological polar surface area (TPSA) is 26.3 Å². The molecule has 2 aromatic rings. The van der Waals surface area contributed by atoms with Gasteiger partial charge in [-0.2, -0.15) is 0 Å². The van der Waals surface area contributed by atoms with E-state index in [0.29, 0.717) is 5.76 Å². The Bertz CT molecular complexity index is 556. The third-order valence-corrected chi connectivity index (χ3v) is 2.68. The lowest BCUT2D eigenvalue weighted by Crippen LogP contribution is -1.99. The van der Waals surface area contributed by atoms with Gasteiger partial charge in [-0.15, -0.1) is 0 Å². The summed E-state index contributed by atoms with van der Waals surface area (Å²) >= 11 is 0. The second-order valence-electron chi connectivity index (χ2n) is 4.22. The molecule has 0 saturated carbocycles. The van der Waals surface area contributed by atoms with Crippen molar-refractivity contribution in [2.24, 2.45) is 0 Å². The van der Waals surface area contributed by atoms with Crippen LogP contribution in [-0.2, 0) is 16.0 Å². The first-order valence-corrected chi connectivity index (χ1v) is 6.23. The van der Waals surface area contributed by atoms with Crippen molar-refractivity contribution in [3.05, 3.63) is 77.9 Å². The molecule has 2 heteroatoms. The van der Waals surface area contributed by atoms with Gasteiger partial charge in [-0.05, 0) is 18.1 Å². The Morgan fingerprint density at radius 3 is 2.16 bits per heavy atom.